The lowest BCUT2D eigenvalue weighted by molar-refractivity contribution is -0.151. The summed E-state index contributed by atoms with van der Waals surface area (Å²) in [4.78, 5) is 37.0. The number of amides is 1. The standard InChI is InChI=1S/C45H85NO7/c1-4-6-8-10-12-14-16-18-19-20-21-23-25-27-29-31-33-35-43(48)46-41(40-53-45(50)37-36-44(49)52-39-38-51-3)42(47)34-32-30-28-26-24-22-17-15-13-11-9-7-5-2/h32,34,41-42,47H,4-31,33,35-40H2,1-3H3,(H,46,48). The van der Waals surface area contributed by atoms with Crippen molar-refractivity contribution in [3.05, 3.63) is 12.2 Å². The molecule has 0 saturated carbocycles. The summed E-state index contributed by atoms with van der Waals surface area (Å²) in [6.45, 7) is 4.79. The molecule has 0 aliphatic rings. The van der Waals surface area contributed by atoms with Crippen LogP contribution < -0.4 is 5.32 Å². The average Bonchev–Trinajstić information content (AvgIpc) is 3.15. The largest absolute Gasteiger partial charge is 0.463 e. The number of esters is 2. The second-order valence-electron chi connectivity index (χ2n) is 15.2. The Morgan fingerprint density at radius 3 is 1.36 bits per heavy atom. The Kier molecular flexibility index (Phi) is 39.7. The lowest BCUT2D eigenvalue weighted by atomic mass is 10.0. The van der Waals surface area contributed by atoms with Gasteiger partial charge in [0, 0.05) is 13.5 Å². The van der Waals surface area contributed by atoms with Gasteiger partial charge in [0.05, 0.1) is 31.6 Å². The van der Waals surface area contributed by atoms with E-state index in [1.165, 1.54) is 161 Å². The maximum Gasteiger partial charge on any atom is 0.306 e. The first-order valence-electron chi connectivity index (χ1n) is 22.4. The fourth-order valence-electron chi connectivity index (χ4n) is 6.58. The number of hydrogen-bond acceptors (Lipinski definition) is 7. The van der Waals surface area contributed by atoms with E-state index in [1.54, 1.807) is 6.08 Å². The van der Waals surface area contributed by atoms with Crippen LogP contribution in [0, 0.1) is 0 Å². The molecular formula is C45H85NO7. The zero-order chi connectivity index (χ0) is 38.9. The number of methoxy groups -OCH3 is 1. The van der Waals surface area contributed by atoms with Crippen molar-refractivity contribution < 1.29 is 33.7 Å². The Balaban J connectivity index is 4.35. The van der Waals surface area contributed by atoms with Gasteiger partial charge < -0.3 is 24.6 Å². The molecule has 0 aromatic carbocycles. The number of ether oxygens (including phenoxy) is 3. The molecule has 2 atom stereocenters. The third-order valence-electron chi connectivity index (χ3n) is 10.1. The van der Waals surface area contributed by atoms with E-state index < -0.39 is 24.1 Å². The summed E-state index contributed by atoms with van der Waals surface area (Å²) in [7, 11) is 1.52. The molecule has 0 aromatic rings. The zero-order valence-electron chi connectivity index (χ0n) is 35.0. The summed E-state index contributed by atoms with van der Waals surface area (Å²) in [5.74, 6) is -1.21. The van der Waals surface area contributed by atoms with E-state index in [-0.39, 0.29) is 32.0 Å². The van der Waals surface area contributed by atoms with Crippen molar-refractivity contribution in [1.82, 2.24) is 5.32 Å². The molecule has 0 fully saturated rings. The molecule has 0 aromatic heterocycles. The van der Waals surface area contributed by atoms with Gasteiger partial charge >= 0.3 is 11.9 Å². The molecule has 8 nitrogen and oxygen atoms in total. The smallest absolute Gasteiger partial charge is 0.306 e. The SMILES string of the molecule is CCCCCCCCCCCCCC=CC(O)C(COC(=O)CCC(=O)OCCOC)NC(=O)CCCCCCCCCCCCCCCCCCC. The highest BCUT2D eigenvalue weighted by Crippen LogP contribution is 2.15. The molecule has 2 N–H and O–H groups in total. The maximum atomic E-state index is 12.8. The van der Waals surface area contributed by atoms with Crippen LogP contribution >= 0.6 is 0 Å². The van der Waals surface area contributed by atoms with E-state index in [0.29, 0.717) is 13.0 Å². The summed E-state index contributed by atoms with van der Waals surface area (Å²) in [6.07, 6.45) is 39.7. The minimum atomic E-state index is -0.978. The van der Waals surface area contributed by atoms with Crippen LogP contribution in [0.5, 0.6) is 0 Å². The summed E-state index contributed by atoms with van der Waals surface area (Å²) in [5.41, 5.74) is 0. The number of aliphatic hydroxyl groups is 1. The number of carbonyl (C=O) groups is 3. The molecule has 0 rings (SSSR count). The van der Waals surface area contributed by atoms with Crippen molar-refractivity contribution in [3.63, 3.8) is 0 Å². The first-order chi connectivity index (χ1) is 25.9. The minimum Gasteiger partial charge on any atom is -0.463 e. The van der Waals surface area contributed by atoms with Crippen LogP contribution in [-0.4, -0.2) is 62.0 Å². The number of aliphatic hydroxyl groups excluding tert-OH is 1. The third-order valence-corrected chi connectivity index (χ3v) is 10.1. The van der Waals surface area contributed by atoms with Crippen molar-refractivity contribution in [3.8, 4) is 0 Å². The van der Waals surface area contributed by atoms with Gasteiger partial charge in [-0.1, -0.05) is 193 Å². The molecular weight excluding hydrogens is 666 g/mol. The van der Waals surface area contributed by atoms with Gasteiger partial charge in [0.15, 0.2) is 0 Å². The molecule has 8 heteroatoms. The number of rotatable bonds is 41. The Bertz CT molecular complexity index is 849. The van der Waals surface area contributed by atoms with Gasteiger partial charge in [-0.05, 0) is 19.3 Å². The van der Waals surface area contributed by atoms with Crippen LogP contribution in [-0.2, 0) is 28.6 Å². The predicted molar refractivity (Wildman–Crippen MR) is 220 cm³/mol. The topological polar surface area (TPSA) is 111 Å². The Labute approximate surface area is 326 Å². The highest BCUT2D eigenvalue weighted by Gasteiger charge is 2.21. The van der Waals surface area contributed by atoms with Crippen molar-refractivity contribution in [2.24, 2.45) is 0 Å². The van der Waals surface area contributed by atoms with Gasteiger partial charge in [-0.25, -0.2) is 0 Å². The van der Waals surface area contributed by atoms with E-state index in [0.717, 1.165) is 32.1 Å². The van der Waals surface area contributed by atoms with Crippen LogP contribution in [0.3, 0.4) is 0 Å². The lowest BCUT2D eigenvalue weighted by Crippen LogP contribution is -2.46. The van der Waals surface area contributed by atoms with Crippen molar-refractivity contribution in [2.45, 2.75) is 231 Å². The first-order valence-corrected chi connectivity index (χ1v) is 22.4. The maximum absolute atomic E-state index is 12.8. The van der Waals surface area contributed by atoms with E-state index in [4.69, 9.17) is 14.2 Å². The zero-order valence-corrected chi connectivity index (χ0v) is 35.0. The molecule has 0 spiro atoms. The molecule has 0 aliphatic carbocycles. The van der Waals surface area contributed by atoms with E-state index in [2.05, 4.69) is 19.2 Å². The third kappa shape index (κ3) is 38.2. The van der Waals surface area contributed by atoms with Crippen LogP contribution in [0.25, 0.3) is 0 Å². The normalized spacial score (nSPS) is 12.6. The van der Waals surface area contributed by atoms with Gasteiger partial charge in [-0.3, -0.25) is 14.4 Å². The number of hydrogen-bond donors (Lipinski definition) is 2. The average molecular weight is 752 g/mol. The molecule has 0 heterocycles. The van der Waals surface area contributed by atoms with Gasteiger partial charge in [0.25, 0.3) is 0 Å². The molecule has 1 amide bonds. The summed E-state index contributed by atoms with van der Waals surface area (Å²) >= 11 is 0. The number of unbranched alkanes of at least 4 members (excludes halogenated alkanes) is 27. The van der Waals surface area contributed by atoms with E-state index in [9.17, 15) is 19.5 Å². The molecule has 2 unspecified atom stereocenters. The molecule has 0 aliphatic heterocycles. The Morgan fingerprint density at radius 2 is 0.925 bits per heavy atom. The van der Waals surface area contributed by atoms with Gasteiger partial charge in [0.1, 0.15) is 13.2 Å². The predicted octanol–water partition coefficient (Wildman–Crippen LogP) is 11.6. The van der Waals surface area contributed by atoms with Crippen LogP contribution in [0.2, 0.25) is 0 Å². The molecule has 0 saturated heterocycles. The van der Waals surface area contributed by atoms with Gasteiger partial charge in [-0.15, -0.1) is 0 Å². The van der Waals surface area contributed by atoms with Crippen LogP contribution in [0.15, 0.2) is 12.2 Å². The quantitative estimate of drug-likeness (QED) is 0.0363. The van der Waals surface area contributed by atoms with Gasteiger partial charge in [0.2, 0.25) is 5.91 Å². The second-order valence-corrected chi connectivity index (χ2v) is 15.2. The van der Waals surface area contributed by atoms with Crippen molar-refractivity contribution >= 4 is 17.8 Å². The summed E-state index contributed by atoms with van der Waals surface area (Å²) < 4.78 is 15.2. The van der Waals surface area contributed by atoms with Gasteiger partial charge in [-0.2, -0.15) is 0 Å². The Morgan fingerprint density at radius 1 is 0.528 bits per heavy atom. The molecule has 53 heavy (non-hydrogen) atoms. The second kappa shape index (κ2) is 41.2. The Hall–Kier alpha value is -1.93. The highest BCUT2D eigenvalue weighted by atomic mass is 16.6. The fraction of sp³-hybridized carbons (Fsp3) is 0.889. The number of nitrogens with one attached hydrogen (secondary N) is 1. The summed E-state index contributed by atoms with van der Waals surface area (Å²) in [6, 6.07) is -0.750. The molecule has 0 bridgehead atoms. The highest BCUT2D eigenvalue weighted by molar-refractivity contribution is 5.78. The molecule has 0 radical (unpaired) electrons. The van der Waals surface area contributed by atoms with E-state index in [1.807, 2.05) is 6.08 Å². The van der Waals surface area contributed by atoms with Crippen molar-refractivity contribution in [1.29, 1.82) is 0 Å². The van der Waals surface area contributed by atoms with E-state index >= 15 is 0 Å². The van der Waals surface area contributed by atoms with Crippen LogP contribution in [0.4, 0.5) is 0 Å². The summed E-state index contributed by atoms with van der Waals surface area (Å²) in [5, 5.41) is 13.8. The monoisotopic (exact) mass is 752 g/mol. The fourth-order valence-corrected chi connectivity index (χ4v) is 6.58. The van der Waals surface area contributed by atoms with Crippen molar-refractivity contribution in [2.75, 3.05) is 26.9 Å². The van der Waals surface area contributed by atoms with Crippen LogP contribution in [0.1, 0.15) is 219 Å². The number of carbonyl (C=O) groups excluding carboxylic acids is 3. The number of allylic oxidation sites excluding steroid dienone is 1. The minimum absolute atomic E-state index is 0.0969. The first kappa shape index (κ1) is 51.1. The molecule has 312 valence electrons. The lowest BCUT2D eigenvalue weighted by Gasteiger charge is -2.22.